The van der Waals surface area contributed by atoms with E-state index in [1.807, 2.05) is 0 Å². The number of nitrogens with zero attached hydrogens (tertiary/aromatic N) is 2. The fourth-order valence-corrected chi connectivity index (χ4v) is 3.14. The normalized spacial score (nSPS) is 11.0. The van der Waals surface area contributed by atoms with Crippen molar-refractivity contribution in [1.29, 1.82) is 0 Å². The summed E-state index contributed by atoms with van der Waals surface area (Å²) in [4.78, 5) is 0. The van der Waals surface area contributed by atoms with Crippen molar-refractivity contribution >= 4 is 0 Å². The molecule has 0 aliphatic rings. The number of rotatable bonds is 11. The molecular formula is C21H33N2+. The van der Waals surface area contributed by atoms with E-state index >= 15 is 0 Å². The van der Waals surface area contributed by atoms with Crippen LogP contribution >= 0.6 is 0 Å². The predicted octanol–water partition coefficient (Wildman–Crippen LogP) is 5.27. The second kappa shape index (κ2) is 10.3. The molecular weight excluding hydrogens is 280 g/mol. The summed E-state index contributed by atoms with van der Waals surface area (Å²) in [5, 5.41) is 0. The largest absolute Gasteiger partial charge is 0.253 e. The van der Waals surface area contributed by atoms with Crippen molar-refractivity contribution in [3.8, 4) is 0 Å². The van der Waals surface area contributed by atoms with Crippen LogP contribution < -0.4 is 4.57 Å². The zero-order chi connectivity index (χ0) is 16.3. The molecule has 0 amide bonds. The fraction of sp³-hybridized carbons (Fsp3) is 0.571. The SMILES string of the molecule is CCCCCCCCCCn1cc[n+](Cc2ccccc2)c1C. The van der Waals surface area contributed by atoms with E-state index in [1.54, 1.807) is 0 Å². The third-order valence-electron chi connectivity index (χ3n) is 4.71. The summed E-state index contributed by atoms with van der Waals surface area (Å²) in [6, 6.07) is 10.7. The number of aromatic nitrogens is 2. The summed E-state index contributed by atoms with van der Waals surface area (Å²) in [6.45, 7) is 6.64. The molecule has 0 unspecified atom stereocenters. The molecule has 126 valence electrons. The van der Waals surface area contributed by atoms with E-state index in [9.17, 15) is 0 Å². The highest BCUT2D eigenvalue weighted by atomic mass is 15.1. The third-order valence-corrected chi connectivity index (χ3v) is 4.71. The van der Waals surface area contributed by atoms with E-state index in [2.05, 4.69) is 65.7 Å². The Bertz CT molecular complexity index is 542. The number of hydrogen-bond acceptors (Lipinski definition) is 0. The lowest BCUT2D eigenvalue weighted by Gasteiger charge is -2.03. The van der Waals surface area contributed by atoms with Crippen LogP contribution in [0.2, 0.25) is 0 Å². The molecule has 2 nitrogen and oxygen atoms in total. The second-order valence-corrected chi connectivity index (χ2v) is 6.63. The minimum Gasteiger partial charge on any atom is -0.234 e. The topological polar surface area (TPSA) is 8.81 Å². The summed E-state index contributed by atoms with van der Waals surface area (Å²) in [7, 11) is 0. The van der Waals surface area contributed by atoms with Crippen molar-refractivity contribution in [3.05, 3.63) is 54.1 Å². The van der Waals surface area contributed by atoms with Gasteiger partial charge in [0.05, 0.1) is 6.54 Å². The van der Waals surface area contributed by atoms with Crippen LogP contribution in [0.4, 0.5) is 0 Å². The van der Waals surface area contributed by atoms with Gasteiger partial charge in [-0.15, -0.1) is 0 Å². The summed E-state index contributed by atoms with van der Waals surface area (Å²) in [5.74, 6) is 1.36. The number of unbranched alkanes of at least 4 members (excludes halogenated alkanes) is 7. The van der Waals surface area contributed by atoms with Crippen LogP contribution in [0, 0.1) is 6.92 Å². The lowest BCUT2D eigenvalue weighted by Crippen LogP contribution is -2.36. The lowest BCUT2D eigenvalue weighted by atomic mass is 10.1. The zero-order valence-electron chi connectivity index (χ0n) is 15.0. The smallest absolute Gasteiger partial charge is 0.234 e. The molecule has 1 aromatic carbocycles. The second-order valence-electron chi connectivity index (χ2n) is 6.63. The Balaban J connectivity index is 1.68. The van der Waals surface area contributed by atoms with Crippen LogP contribution in [0.15, 0.2) is 42.7 Å². The highest BCUT2D eigenvalue weighted by molar-refractivity contribution is 5.13. The molecule has 0 aliphatic heterocycles. The Hall–Kier alpha value is -1.57. The quantitative estimate of drug-likeness (QED) is 0.394. The van der Waals surface area contributed by atoms with Gasteiger partial charge in [-0.25, -0.2) is 9.13 Å². The van der Waals surface area contributed by atoms with Gasteiger partial charge in [-0.1, -0.05) is 75.8 Å². The number of imidazole rings is 1. The van der Waals surface area contributed by atoms with Crippen molar-refractivity contribution in [2.24, 2.45) is 0 Å². The van der Waals surface area contributed by atoms with Crippen LogP contribution in [0.1, 0.15) is 69.7 Å². The van der Waals surface area contributed by atoms with Crippen molar-refractivity contribution in [3.63, 3.8) is 0 Å². The van der Waals surface area contributed by atoms with E-state index in [4.69, 9.17) is 0 Å². The van der Waals surface area contributed by atoms with Crippen LogP contribution in [0.25, 0.3) is 0 Å². The zero-order valence-corrected chi connectivity index (χ0v) is 15.0. The lowest BCUT2D eigenvalue weighted by molar-refractivity contribution is -0.694. The summed E-state index contributed by atoms with van der Waals surface area (Å²) < 4.78 is 4.75. The first-order chi connectivity index (χ1) is 11.3. The molecule has 1 aromatic heterocycles. The average molecular weight is 314 g/mol. The van der Waals surface area contributed by atoms with Crippen LogP contribution in [0.5, 0.6) is 0 Å². The third kappa shape index (κ3) is 6.21. The number of aryl methyl sites for hydroxylation is 1. The van der Waals surface area contributed by atoms with Crippen molar-refractivity contribution < 1.29 is 4.57 Å². The molecule has 2 heteroatoms. The Morgan fingerprint density at radius 3 is 2.22 bits per heavy atom. The summed E-state index contributed by atoms with van der Waals surface area (Å²) >= 11 is 0. The van der Waals surface area contributed by atoms with E-state index in [0.29, 0.717) is 0 Å². The average Bonchev–Trinajstić information content (AvgIpc) is 2.91. The molecule has 0 fully saturated rings. The van der Waals surface area contributed by atoms with Gasteiger partial charge in [-0.2, -0.15) is 0 Å². The number of hydrogen-bond donors (Lipinski definition) is 0. The van der Waals surface area contributed by atoms with Crippen molar-refractivity contribution in [2.75, 3.05) is 0 Å². The van der Waals surface area contributed by atoms with Crippen molar-refractivity contribution in [2.45, 2.75) is 78.3 Å². The molecule has 0 saturated heterocycles. The van der Waals surface area contributed by atoms with Gasteiger partial charge in [0.15, 0.2) is 0 Å². The highest BCUT2D eigenvalue weighted by Crippen LogP contribution is 2.09. The van der Waals surface area contributed by atoms with Gasteiger partial charge >= 0.3 is 0 Å². The molecule has 0 bridgehead atoms. The molecule has 0 atom stereocenters. The maximum atomic E-state index is 2.40. The first kappa shape index (κ1) is 17.8. The standard InChI is InChI=1S/C21H33N2/c1-3-4-5-6-7-8-9-13-16-22-17-18-23(20(22)2)19-21-14-11-10-12-15-21/h10-12,14-15,17-18H,3-9,13,16,19H2,1-2H3/q+1. The van der Waals surface area contributed by atoms with Crippen molar-refractivity contribution in [1.82, 2.24) is 4.57 Å². The molecule has 0 N–H and O–H groups in total. The minimum atomic E-state index is 0.969. The van der Waals surface area contributed by atoms with Crippen LogP contribution in [-0.4, -0.2) is 4.57 Å². The first-order valence-electron chi connectivity index (χ1n) is 9.40. The predicted molar refractivity (Wildman–Crippen MR) is 97.5 cm³/mol. The fourth-order valence-electron chi connectivity index (χ4n) is 3.14. The Morgan fingerprint density at radius 2 is 1.52 bits per heavy atom. The Kier molecular flexibility index (Phi) is 7.92. The molecule has 0 saturated carbocycles. The molecule has 2 aromatic rings. The van der Waals surface area contributed by atoms with Gasteiger partial charge in [0.1, 0.15) is 18.9 Å². The maximum Gasteiger partial charge on any atom is 0.253 e. The van der Waals surface area contributed by atoms with E-state index in [-0.39, 0.29) is 0 Å². The molecule has 23 heavy (non-hydrogen) atoms. The van der Waals surface area contributed by atoms with Gasteiger partial charge in [0.25, 0.3) is 5.82 Å². The molecule has 0 radical (unpaired) electrons. The minimum absolute atomic E-state index is 0.969. The van der Waals surface area contributed by atoms with Gasteiger partial charge < -0.3 is 0 Å². The van der Waals surface area contributed by atoms with Gasteiger partial charge in [0.2, 0.25) is 0 Å². The molecule has 0 aliphatic carbocycles. The molecule has 1 heterocycles. The summed E-state index contributed by atoms with van der Waals surface area (Å²) in [5.41, 5.74) is 1.37. The molecule has 0 spiro atoms. The van der Waals surface area contributed by atoms with Crippen LogP contribution in [-0.2, 0) is 13.1 Å². The number of benzene rings is 1. The monoisotopic (exact) mass is 313 g/mol. The molecule has 2 rings (SSSR count). The van der Waals surface area contributed by atoms with E-state index < -0.39 is 0 Å². The van der Waals surface area contributed by atoms with E-state index in [1.165, 1.54) is 62.8 Å². The Labute approximate surface area is 142 Å². The van der Waals surface area contributed by atoms with Crippen LogP contribution in [0.3, 0.4) is 0 Å². The van der Waals surface area contributed by atoms with Gasteiger partial charge in [0, 0.05) is 6.92 Å². The van der Waals surface area contributed by atoms with Gasteiger partial charge in [-0.3, -0.25) is 0 Å². The summed E-state index contributed by atoms with van der Waals surface area (Å²) in [6.07, 6.45) is 15.5. The van der Waals surface area contributed by atoms with Gasteiger partial charge in [-0.05, 0) is 18.4 Å². The van der Waals surface area contributed by atoms with E-state index in [0.717, 1.165) is 13.1 Å². The highest BCUT2D eigenvalue weighted by Gasteiger charge is 2.11. The Morgan fingerprint density at radius 1 is 0.870 bits per heavy atom. The first-order valence-corrected chi connectivity index (χ1v) is 9.40. The maximum absolute atomic E-state index is 2.40.